The third-order valence-corrected chi connectivity index (χ3v) is 4.23. The molecule has 1 aromatic carbocycles. The summed E-state index contributed by atoms with van der Waals surface area (Å²) in [4.78, 5) is 2.36. The van der Waals surface area contributed by atoms with Crippen LogP contribution in [0.5, 0.6) is 0 Å². The Bertz CT molecular complexity index is 448. The zero-order valence-electron chi connectivity index (χ0n) is 10.3. The van der Waals surface area contributed by atoms with E-state index in [0.29, 0.717) is 0 Å². The summed E-state index contributed by atoms with van der Waals surface area (Å²) in [5, 5.41) is 9.11. The molecule has 0 aliphatic carbocycles. The maximum absolute atomic E-state index is 9.11. The van der Waals surface area contributed by atoms with Gasteiger partial charge < -0.3 is 4.90 Å². The van der Waals surface area contributed by atoms with Gasteiger partial charge in [-0.3, -0.25) is 0 Å². The third-order valence-electron chi connectivity index (χ3n) is 3.56. The van der Waals surface area contributed by atoms with Crippen molar-refractivity contribution in [2.45, 2.75) is 32.2 Å². The minimum absolute atomic E-state index is 0.122. The van der Waals surface area contributed by atoms with Crippen LogP contribution in [0, 0.1) is 17.2 Å². The summed E-state index contributed by atoms with van der Waals surface area (Å²) in [6.07, 6.45) is 2.07. The van der Waals surface area contributed by atoms with Gasteiger partial charge in [-0.2, -0.15) is 5.26 Å². The van der Waals surface area contributed by atoms with Gasteiger partial charge in [-0.05, 0) is 54.8 Å². The molecule has 1 aliphatic rings. The summed E-state index contributed by atoms with van der Waals surface area (Å²) in [5.74, 6) is 0.148. The van der Waals surface area contributed by atoms with Crippen molar-refractivity contribution in [1.29, 1.82) is 5.26 Å². The van der Waals surface area contributed by atoms with Crippen LogP contribution in [-0.4, -0.2) is 12.1 Å². The first-order valence-corrected chi connectivity index (χ1v) is 6.76. The van der Waals surface area contributed by atoms with E-state index in [1.54, 1.807) is 0 Å². The summed E-state index contributed by atoms with van der Waals surface area (Å²) < 4.78 is 1.10. The van der Waals surface area contributed by atoms with E-state index in [9.17, 15) is 0 Å². The van der Waals surface area contributed by atoms with E-state index in [4.69, 9.17) is 5.26 Å². The molecule has 2 nitrogen and oxygen atoms in total. The molecule has 90 valence electrons. The number of benzene rings is 1. The van der Waals surface area contributed by atoms with Crippen molar-refractivity contribution < 1.29 is 0 Å². The van der Waals surface area contributed by atoms with Crippen molar-refractivity contribution in [2.75, 3.05) is 11.4 Å². The van der Waals surface area contributed by atoms with Crippen molar-refractivity contribution >= 4 is 21.6 Å². The van der Waals surface area contributed by atoms with Gasteiger partial charge in [0.15, 0.2) is 0 Å². The number of nitrogens with zero attached hydrogens (tertiary/aromatic N) is 2. The Morgan fingerprint density at radius 1 is 1.41 bits per heavy atom. The molecule has 0 aromatic heterocycles. The van der Waals surface area contributed by atoms with Gasteiger partial charge in [0.05, 0.1) is 17.7 Å². The predicted molar refractivity (Wildman–Crippen MR) is 73.9 cm³/mol. The van der Waals surface area contributed by atoms with Crippen molar-refractivity contribution in [1.82, 2.24) is 0 Å². The molecule has 0 amide bonds. The standard InChI is InChI=1S/C14H17BrN2/c1-14(2)8-7-11(9-16)10-17(14)13-6-4-3-5-12(13)15/h3-6,11H,7-8,10H2,1-2H3. The number of anilines is 1. The lowest BCUT2D eigenvalue weighted by Gasteiger charge is -2.46. The molecule has 17 heavy (non-hydrogen) atoms. The summed E-state index contributed by atoms with van der Waals surface area (Å²) in [5.41, 5.74) is 1.31. The zero-order valence-corrected chi connectivity index (χ0v) is 11.9. The molecule has 1 aromatic rings. The number of rotatable bonds is 1. The van der Waals surface area contributed by atoms with Gasteiger partial charge in [0.25, 0.3) is 0 Å². The van der Waals surface area contributed by atoms with Crippen LogP contribution in [-0.2, 0) is 0 Å². The van der Waals surface area contributed by atoms with E-state index < -0.39 is 0 Å². The average Bonchev–Trinajstić information content (AvgIpc) is 2.30. The largest absolute Gasteiger partial charge is 0.364 e. The van der Waals surface area contributed by atoms with Gasteiger partial charge in [-0.15, -0.1) is 0 Å². The molecule has 1 aliphatic heterocycles. The van der Waals surface area contributed by atoms with Crippen LogP contribution < -0.4 is 4.90 Å². The lowest BCUT2D eigenvalue weighted by molar-refractivity contribution is 0.325. The zero-order chi connectivity index (χ0) is 12.5. The van der Waals surface area contributed by atoms with Crippen LogP contribution in [0.3, 0.4) is 0 Å². The van der Waals surface area contributed by atoms with Gasteiger partial charge in [0, 0.05) is 16.6 Å². The summed E-state index contributed by atoms with van der Waals surface area (Å²) in [7, 11) is 0. The minimum Gasteiger partial charge on any atom is -0.364 e. The highest BCUT2D eigenvalue weighted by Crippen LogP contribution is 2.37. The first kappa shape index (κ1) is 12.4. The monoisotopic (exact) mass is 292 g/mol. The van der Waals surface area contributed by atoms with E-state index >= 15 is 0 Å². The number of piperidine rings is 1. The van der Waals surface area contributed by atoms with Crippen LogP contribution in [0.15, 0.2) is 28.7 Å². The van der Waals surface area contributed by atoms with E-state index in [-0.39, 0.29) is 11.5 Å². The molecule has 0 saturated carbocycles. The Hall–Kier alpha value is -1.01. The third kappa shape index (κ3) is 2.47. The van der Waals surface area contributed by atoms with Crippen molar-refractivity contribution in [3.8, 4) is 6.07 Å². The summed E-state index contributed by atoms with van der Waals surface area (Å²) >= 11 is 3.60. The number of halogens is 1. The predicted octanol–water partition coefficient (Wildman–Crippen LogP) is 3.97. The lowest BCUT2D eigenvalue weighted by atomic mass is 9.85. The highest BCUT2D eigenvalue weighted by Gasteiger charge is 2.34. The molecule has 0 radical (unpaired) electrons. The average molecular weight is 293 g/mol. The van der Waals surface area contributed by atoms with Gasteiger partial charge in [0.1, 0.15) is 0 Å². The number of para-hydroxylation sites is 1. The van der Waals surface area contributed by atoms with Gasteiger partial charge >= 0.3 is 0 Å². The van der Waals surface area contributed by atoms with Crippen molar-refractivity contribution in [3.05, 3.63) is 28.7 Å². The maximum Gasteiger partial charge on any atom is 0.0674 e. The molecule has 0 spiro atoms. The molecule has 3 heteroatoms. The Morgan fingerprint density at radius 3 is 2.76 bits per heavy atom. The second-order valence-electron chi connectivity index (χ2n) is 5.24. The number of hydrogen-bond acceptors (Lipinski definition) is 2. The maximum atomic E-state index is 9.11. The highest BCUT2D eigenvalue weighted by molar-refractivity contribution is 9.10. The molecule has 1 saturated heterocycles. The highest BCUT2D eigenvalue weighted by atomic mass is 79.9. The van der Waals surface area contributed by atoms with E-state index in [1.807, 2.05) is 12.1 Å². The van der Waals surface area contributed by atoms with Gasteiger partial charge in [-0.1, -0.05) is 12.1 Å². The molecule has 1 unspecified atom stereocenters. The Labute approximate surface area is 111 Å². The van der Waals surface area contributed by atoms with Crippen molar-refractivity contribution in [3.63, 3.8) is 0 Å². The van der Waals surface area contributed by atoms with E-state index in [2.05, 4.69) is 52.9 Å². The molecule has 0 N–H and O–H groups in total. The van der Waals surface area contributed by atoms with Gasteiger partial charge in [-0.25, -0.2) is 0 Å². The fourth-order valence-corrected chi connectivity index (χ4v) is 2.92. The second-order valence-corrected chi connectivity index (χ2v) is 6.09. The second kappa shape index (κ2) is 4.70. The number of nitriles is 1. The molecule has 1 fully saturated rings. The molecule has 2 rings (SSSR count). The van der Waals surface area contributed by atoms with Crippen LogP contribution in [0.2, 0.25) is 0 Å². The first-order valence-electron chi connectivity index (χ1n) is 5.96. The molecular weight excluding hydrogens is 276 g/mol. The van der Waals surface area contributed by atoms with E-state index in [1.165, 1.54) is 5.69 Å². The minimum atomic E-state index is 0.122. The van der Waals surface area contributed by atoms with Crippen LogP contribution in [0.4, 0.5) is 5.69 Å². The fourth-order valence-electron chi connectivity index (χ4n) is 2.42. The smallest absolute Gasteiger partial charge is 0.0674 e. The Morgan fingerprint density at radius 2 is 2.12 bits per heavy atom. The fraction of sp³-hybridized carbons (Fsp3) is 0.500. The molecular formula is C14H17BrN2. The molecule has 1 atom stereocenters. The topological polar surface area (TPSA) is 27.0 Å². The quantitative estimate of drug-likeness (QED) is 0.783. The molecule has 1 heterocycles. The SMILES string of the molecule is CC1(C)CCC(C#N)CN1c1ccccc1Br. The van der Waals surface area contributed by atoms with Crippen LogP contribution in [0.25, 0.3) is 0 Å². The normalized spacial score (nSPS) is 23.2. The van der Waals surface area contributed by atoms with Crippen molar-refractivity contribution in [2.24, 2.45) is 5.92 Å². The van der Waals surface area contributed by atoms with Gasteiger partial charge in [0.2, 0.25) is 0 Å². The Kier molecular flexibility index (Phi) is 3.44. The van der Waals surface area contributed by atoms with E-state index in [0.717, 1.165) is 23.9 Å². The summed E-state index contributed by atoms with van der Waals surface area (Å²) in [6, 6.07) is 10.6. The van der Waals surface area contributed by atoms with Crippen LogP contribution >= 0.6 is 15.9 Å². The lowest BCUT2D eigenvalue weighted by Crippen LogP contribution is -2.50. The summed E-state index contributed by atoms with van der Waals surface area (Å²) in [6.45, 7) is 5.33. The Balaban J connectivity index is 2.34. The first-order chi connectivity index (χ1) is 8.04. The molecule has 0 bridgehead atoms. The number of hydrogen-bond donors (Lipinski definition) is 0. The van der Waals surface area contributed by atoms with Crippen LogP contribution in [0.1, 0.15) is 26.7 Å².